The van der Waals surface area contributed by atoms with Crippen molar-refractivity contribution in [2.45, 2.75) is 13.5 Å². The number of hydrogen-bond acceptors (Lipinski definition) is 3. The Bertz CT molecular complexity index is 452. The van der Waals surface area contributed by atoms with E-state index in [0.717, 1.165) is 22.6 Å². The first-order valence-corrected chi connectivity index (χ1v) is 4.89. The van der Waals surface area contributed by atoms with Crippen LogP contribution in [0.3, 0.4) is 0 Å². The Morgan fingerprint density at radius 3 is 2.60 bits per heavy atom. The molecule has 2 rings (SSSR count). The van der Waals surface area contributed by atoms with E-state index >= 15 is 0 Å². The lowest BCUT2D eigenvalue weighted by molar-refractivity contribution is 0.952. The van der Waals surface area contributed by atoms with Gasteiger partial charge in [-0.25, -0.2) is 4.98 Å². The normalized spacial score (nSPS) is 10.3. The molecule has 2 N–H and O–H groups in total. The number of nitrogens with two attached hydrogens (primary N) is 1. The number of benzene rings is 1. The maximum Gasteiger partial charge on any atom is 0.0918 e. The van der Waals surface area contributed by atoms with Crippen LogP contribution in [0.4, 0.5) is 0 Å². The summed E-state index contributed by atoms with van der Waals surface area (Å²) in [5, 5.41) is 0. The van der Waals surface area contributed by atoms with Gasteiger partial charge in [0.05, 0.1) is 23.3 Å². The topological polar surface area (TPSA) is 51.8 Å². The maximum atomic E-state index is 5.54. The Labute approximate surface area is 89.0 Å². The minimum atomic E-state index is 0.424. The molecule has 0 unspecified atom stereocenters. The molecule has 0 aliphatic carbocycles. The Morgan fingerprint density at radius 2 is 1.93 bits per heavy atom. The van der Waals surface area contributed by atoms with Crippen molar-refractivity contribution in [3.63, 3.8) is 0 Å². The molecule has 0 bridgehead atoms. The molecule has 0 aliphatic heterocycles. The molecule has 76 valence electrons. The minimum Gasteiger partial charge on any atom is -0.325 e. The summed E-state index contributed by atoms with van der Waals surface area (Å²) in [7, 11) is 0. The third-order valence-electron chi connectivity index (χ3n) is 2.26. The van der Waals surface area contributed by atoms with Crippen molar-refractivity contribution < 1.29 is 0 Å². The van der Waals surface area contributed by atoms with Crippen LogP contribution in [-0.2, 0) is 6.54 Å². The standard InChI is InChI=1S/C12H13N3/c1-9-12(10-5-3-2-4-6-10)15-11(7-13)8-14-9/h2-6,8H,7,13H2,1H3. The number of aryl methyl sites for hydroxylation is 1. The third kappa shape index (κ3) is 2.02. The van der Waals surface area contributed by atoms with Gasteiger partial charge in [0.25, 0.3) is 0 Å². The van der Waals surface area contributed by atoms with Gasteiger partial charge in [0, 0.05) is 12.1 Å². The molecule has 0 saturated heterocycles. The zero-order valence-corrected chi connectivity index (χ0v) is 8.64. The molecule has 3 heteroatoms. The van der Waals surface area contributed by atoms with E-state index in [9.17, 15) is 0 Å². The molecular weight excluding hydrogens is 186 g/mol. The van der Waals surface area contributed by atoms with Crippen molar-refractivity contribution in [2.75, 3.05) is 0 Å². The van der Waals surface area contributed by atoms with E-state index in [-0.39, 0.29) is 0 Å². The molecule has 1 aromatic heterocycles. The average molecular weight is 199 g/mol. The molecule has 0 atom stereocenters. The van der Waals surface area contributed by atoms with E-state index in [1.165, 1.54) is 0 Å². The van der Waals surface area contributed by atoms with Crippen molar-refractivity contribution >= 4 is 0 Å². The van der Waals surface area contributed by atoms with Crippen LogP contribution in [0.5, 0.6) is 0 Å². The third-order valence-corrected chi connectivity index (χ3v) is 2.26. The summed E-state index contributed by atoms with van der Waals surface area (Å²) in [6.07, 6.45) is 1.72. The SMILES string of the molecule is Cc1ncc(CN)nc1-c1ccccc1. The molecule has 0 aliphatic rings. The molecule has 0 amide bonds. The summed E-state index contributed by atoms with van der Waals surface area (Å²) < 4.78 is 0. The van der Waals surface area contributed by atoms with Gasteiger partial charge in [-0.15, -0.1) is 0 Å². The van der Waals surface area contributed by atoms with Gasteiger partial charge < -0.3 is 5.73 Å². The predicted octanol–water partition coefficient (Wildman–Crippen LogP) is 1.91. The minimum absolute atomic E-state index is 0.424. The van der Waals surface area contributed by atoms with Gasteiger partial charge in [-0.05, 0) is 6.92 Å². The van der Waals surface area contributed by atoms with Gasteiger partial charge >= 0.3 is 0 Å². The lowest BCUT2D eigenvalue weighted by atomic mass is 10.1. The summed E-state index contributed by atoms with van der Waals surface area (Å²) in [4.78, 5) is 8.76. The lowest BCUT2D eigenvalue weighted by Gasteiger charge is -2.05. The largest absolute Gasteiger partial charge is 0.325 e. The highest BCUT2D eigenvalue weighted by molar-refractivity contribution is 5.61. The molecule has 0 spiro atoms. The summed E-state index contributed by atoms with van der Waals surface area (Å²) >= 11 is 0. The number of rotatable bonds is 2. The quantitative estimate of drug-likeness (QED) is 0.803. The van der Waals surface area contributed by atoms with E-state index in [1.807, 2.05) is 37.3 Å². The second-order valence-corrected chi connectivity index (χ2v) is 3.37. The highest BCUT2D eigenvalue weighted by atomic mass is 14.8. The summed E-state index contributed by atoms with van der Waals surface area (Å²) in [6.45, 7) is 2.38. The second kappa shape index (κ2) is 4.19. The van der Waals surface area contributed by atoms with Crippen molar-refractivity contribution in [3.05, 3.63) is 47.9 Å². The van der Waals surface area contributed by atoms with E-state index in [4.69, 9.17) is 5.73 Å². The molecule has 2 aromatic rings. The van der Waals surface area contributed by atoms with Crippen LogP contribution >= 0.6 is 0 Å². The molecule has 15 heavy (non-hydrogen) atoms. The van der Waals surface area contributed by atoms with Crippen LogP contribution in [0.15, 0.2) is 36.5 Å². The van der Waals surface area contributed by atoms with Crippen LogP contribution in [0, 0.1) is 6.92 Å². The van der Waals surface area contributed by atoms with Gasteiger partial charge in [-0.3, -0.25) is 4.98 Å². The highest BCUT2D eigenvalue weighted by Crippen LogP contribution is 2.18. The highest BCUT2D eigenvalue weighted by Gasteiger charge is 2.04. The van der Waals surface area contributed by atoms with Crippen molar-refractivity contribution in [1.29, 1.82) is 0 Å². The maximum absolute atomic E-state index is 5.54. The zero-order valence-electron chi connectivity index (χ0n) is 8.64. The second-order valence-electron chi connectivity index (χ2n) is 3.37. The summed E-state index contributed by atoms with van der Waals surface area (Å²) in [5.74, 6) is 0. The monoisotopic (exact) mass is 199 g/mol. The fourth-order valence-electron chi connectivity index (χ4n) is 1.45. The lowest BCUT2D eigenvalue weighted by Crippen LogP contribution is -2.03. The predicted molar refractivity (Wildman–Crippen MR) is 60.1 cm³/mol. The van der Waals surface area contributed by atoms with Crippen molar-refractivity contribution in [2.24, 2.45) is 5.73 Å². The van der Waals surface area contributed by atoms with Crippen LogP contribution in [0.25, 0.3) is 11.3 Å². The van der Waals surface area contributed by atoms with E-state index in [2.05, 4.69) is 9.97 Å². The zero-order chi connectivity index (χ0) is 10.7. The number of hydrogen-bond donors (Lipinski definition) is 1. The first kappa shape index (κ1) is 9.80. The average Bonchev–Trinajstić information content (AvgIpc) is 2.31. The molecule has 1 aromatic carbocycles. The molecule has 0 radical (unpaired) electrons. The van der Waals surface area contributed by atoms with Crippen LogP contribution in [0.2, 0.25) is 0 Å². The van der Waals surface area contributed by atoms with Crippen molar-refractivity contribution in [1.82, 2.24) is 9.97 Å². The Balaban J connectivity index is 2.52. The Hall–Kier alpha value is -1.74. The fourth-order valence-corrected chi connectivity index (χ4v) is 1.45. The number of nitrogens with zero attached hydrogens (tertiary/aromatic N) is 2. The van der Waals surface area contributed by atoms with Gasteiger partial charge in [-0.2, -0.15) is 0 Å². The smallest absolute Gasteiger partial charge is 0.0918 e. The van der Waals surface area contributed by atoms with Crippen molar-refractivity contribution in [3.8, 4) is 11.3 Å². The van der Waals surface area contributed by atoms with E-state index in [1.54, 1.807) is 6.20 Å². The fraction of sp³-hybridized carbons (Fsp3) is 0.167. The van der Waals surface area contributed by atoms with Crippen LogP contribution in [0.1, 0.15) is 11.4 Å². The summed E-state index contributed by atoms with van der Waals surface area (Å²) in [6, 6.07) is 10.0. The first-order valence-electron chi connectivity index (χ1n) is 4.89. The van der Waals surface area contributed by atoms with Gasteiger partial charge in [0.1, 0.15) is 0 Å². The molecular formula is C12H13N3. The molecule has 0 fully saturated rings. The first-order chi connectivity index (χ1) is 7.31. The van der Waals surface area contributed by atoms with Crippen LogP contribution < -0.4 is 5.73 Å². The van der Waals surface area contributed by atoms with Gasteiger partial charge in [-0.1, -0.05) is 30.3 Å². The number of aromatic nitrogens is 2. The molecule has 1 heterocycles. The Morgan fingerprint density at radius 1 is 1.20 bits per heavy atom. The van der Waals surface area contributed by atoms with Gasteiger partial charge in [0.2, 0.25) is 0 Å². The molecule has 3 nitrogen and oxygen atoms in total. The van der Waals surface area contributed by atoms with E-state index in [0.29, 0.717) is 6.54 Å². The molecule has 0 saturated carbocycles. The van der Waals surface area contributed by atoms with Crippen LogP contribution in [-0.4, -0.2) is 9.97 Å². The van der Waals surface area contributed by atoms with Gasteiger partial charge in [0.15, 0.2) is 0 Å². The van der Waals surface area contributed by atoms with E-state index < -0.39 is 0 Å². The Kier molecular flexibility index (Phi) is 2.74. The summed E-state index contributed by atoms with van der Waals surface area (Å²) in [5.41, 5.74) is 9.29.